The summed E-state index contributed by atoms with van der Waals surface area (Å²) < 4.78 is 6.06. The summed E-state index contributed by atoms with van der Waals surface area (Å²) in [7, 11) is 2.17. The van der Waals surface area contributed by atoms with Crippen LogP contribution in [-0.2, 0) is 4.84 Å². The third kappa shape index (κ3) is 5.56. The molecule has 4 aromatic rings. The summed E-state index contributed by atoms with van der Waals surface area (Å²) in [4.78, 5) is 20.0. The Hall–Kier alpha value is -4.14. The quantitative estimate of drug-likeness (QED) is 0.344. The molecule has 1 atom stereocenters. The molecule has 8 heteroatoms. The molecule has 194 valence electrons. The maximum Gasteiger partial charge on any atom is 0.229 e. The zero-order valence-electron chi connectivity index (χ0n) is 21.5. The molecule has 0 unspecified atom stereocenters. The average molecular weight is 509 g/mol. The number of benzene rings is 3. The van der Waals surface area contributed by atoms with Crippen molar-refractivity contribution in [3.05, 3.63) is 96.7 Å². The molecule has 38 heavy (non-hydrogen) atoms. The molecule has 0 bridgehead atoms. The summed E-state index contributed by atoms with van der Waals surface area (Å²) in [5, 5.41) is 5.22. The van der Waals surface area contributed by atoms with E-state index < -0.39 is 0 Å². The number of nitrogens with zero attached hydrogens (tertiary/aromatic N) is 5. The van der Waals surface area contributed by atoms with E-state index in [1.54, 1.807) is 6.20 Å². The summed E-state index contributed by atoms with van der Waals surface area (Å²) in [6.45, 7) is 4.89. The number of hydrogen-bond donors (Lipinski definition) is 1. The number of piperazine rings is 1. The molecule has 0 saturated carbocycles. The standard InChI is InChI=1S/C30H32N6O2/c1-34-17-19-35(20-18-34)25-12-10-24(11-13-25)32-30-31-16-14-29(33-30)36-28(15-21-37-36)23-6-5-9-27(22-23)38-26-7-3-2-4-8-26/h2-14,16,22,28H,15,17-21H2,1H3,(H,31,32,33)/t28-/m1/s1. The summed E-state index contributed by atoms with van der Waals surface area (Å²) in [5.41, 5.74) is 3.30. The molecule has 0 radical (unpaired) electrons. The van der Waals surface area contributed by atoms with Gasteiger partial charge in [-0.3, -0.25) is 4.84 Å². The van der Waals surface area contributed by atoms with Crippen molar-refractivity contribution in [1.29, 1.82) is 0 Å². The first-order chi connectivity index (χ1) is 18.7. The van der Waals surface area contributed by atoms with E-state index >= 15 is 0 Å². The van der Waals surface area contributed by atoms with Gasteiger partial charge in [0.2, 0.25) is 5.95 Å². The summed E-state index contributed by atoms with van der Waals surface area (Å²) in [5.74, 6) is 2.86. The number of aromatic nitrogens is 2. The lowest BCUT2D eigenvalue weighted by molar-refractivity contribution is 0.157. The molecular formula is C30H32N6O2. The lowest BCUT2D eigenvalue weighted by atomic mass is 10.0. The van der Waals surface area contributed by atoms with Gasteiger partial charge >= 0.3 is 0 Å². The molecule has 0 aliphatic carbocycles. The summed E-state index contributed by atoms with van der Waals surface area (Å²) in [6, 6.07) is 28.4. The van der Waals surface area contributed by atoms with Crippen molar-refractivity contribution >= 4 is 23.1 Å². The topological polar surface area (TPSA) is 66.0 Å². The van der Waals surface area contributed by atoms with Gasteiger partial charge in [0.15, 0.2) is 5.82 Å². The number of hydrogen-bond acceptors (Lipinski definition) is 8. The van der Waals surface area contributed by atoms with Crippen molar-refractivity contribution in [2.24, 2.45) is 0 Å². The van der Waals surface area contributed by atoms with Gasteiger partial charge in [0.05, 0.1) is 12.6 Å². The predicted molar refractivity (Wildman–Crippen MR) is 150 cm³/mol. The molecule has 2 saturated heterocycles. The van der Waals surface area contributed by atoms with E-state index in [1.165, 1.54) is 5.69 Å². The van der Waals surface area contributed by atoms with Gasteiger partial charge in [-0.2, -0.15) is 4.98 Å². The Labute approximate surface area is 223 Å². The monoisotopic (exact) mass is 508 g/mol. The van der Waals surface area contributed by atoms with E-state index in [1.807, 2.05) is 53.6 Å². The molecule has 1 N–H and O–H groups in total. The highest BCUT2D eigenvalue weighted by Crippen LogP contribution is 2.36. The molecule has 1 aromatic heterocycles. The zero-order chi connectivity index (χ0) is 25.7. The van der Waals surface area contributed by atoms with Crippen LogP contribution in [0.2, 0.25) is 0 Å². The van der Waals surface area contributed by atoms with Crippen molar-refractivity contribution in [2.75, 3.05) is 55.1 Å². The largest absolute Gasteiger partial charge is 0.457 e. The predicted octanol–water partition coefficient (Wildman–Crippen LogP) is 5.65. The molecular weight excluding hydrogens is 476 g/mol. The van der Waals surface area contributed by atoms with Crippen LogP contribution in [-0.4, -0.2) is 54.7 Å². The van der Waals surface area contributed by atoms with Crippen LogP contribution in [0, 0.1) is 0 Å². The minimum Gasteiger partial charge on any atom is -0.457 e. The molecule has 2 aliphatic rings. The number of hydroxylamine groups is 1. The highest BCUT2D eigenvalue weighted by atomic mass is 16.7. The normalized spacial score (nSPS) is 18.0. The second kappa shape index (κ2) is 11.1. The third-order valence-electron chi connectivity index (χ3n) is 6.99. The van der Waals surface area contributed by atoms with Crippen LogP contribution in [0.1, 0.15) is 18.0 Å². The van der Waals surface area contributed by atoms with E-state index in [0.717, 1.165) is 55.3 Å². The SMILES string of the molecule is CN1CCN(c2ccc(Nc3nccc(N4OCC[C@@H]4c4cccc(Oc5ccccc5)c4)n3)cc2)CC1. The molecule has 2 fully saturated rings. The maximum atomic E-state index is 6.06. The van der Waals surface area contributed by atoms with E-state index in [2.05, 4.69) is 63.5 Å². The van der Waals surface area contributed by atoms with Crippen molar-refractivity contribution < 1.29 is 9.57 Å². The fraction of sp³-hybridized carbons (Fsp3) is 0.267. The second-order valence-electron chi connectivity index (χ2n) is 9.65. The fourth-order valence-electron chi connectivity index (χ4n) is 4.89. The molecule has 0 spiro atoms. The van der Waals surface area contributed by atoms with Crippen molar-refractivity contribution in [3.8, 4) is 11.5 Å². The Balaban J connectivity index is 1.15. The van der Waals surface area contributed by atoms with Gasteiger partial charge in [-0.25, -0.2) is 10.0 Å². The first-order valence-corrected chi connectivity index (χ1v) is 13.1. The van der Waals surface area contributed by atoms with Crippen molar-refractivity contribution in [1.82, 2.24) is 14.9 Å². The van der Waals surface area contributed by atoms with Gasteiger partial charge in [0, 0.05) is 56.2 Å². The molecule has 8 nitrogen and oxygen atoms in total. The summed E-state index contributed by atoms with van der Waals surface area (Å²) in [6.07, 6.45) is 2.62. The molecule has 3 heterocycles. The Morgan fingerprint density at radius 3 is 2.47 bits per heavy atom. The number of ether oxygens (including phenoxy) is 1. The number of anilines is 4. The van der Waals surface area contributed by atoms with Crippen LogP contribution in [0.15, 0.2) is 91.1 Å². The Morgan fingerprint density at radius 1 is 0.868 bits per heavy atom. The van der Waals surface area contributed by atoms with E-state index in [9.17, 15) is 0 Å². The lowest BCUT2D eigenvalue weighted by Crippen LogP contribution is -2.44. The van der Waals surface area contributed by atoms with Crippen LogP contribution in [0.4, 0.5) is 23.1 Å². The fourth-order valence-corrected chi connectivity index (χ4v) is 4.89. The zero-order valence-corrected chi connectivity index (χ0v) is 21.5. The maximum absolute atomic E-state index is 6.06. The minimum atomic E-state index is 0.0277. The number of nitrogens with one attached hydrogen (secondary N) is 1. The first kappa shape index (κ1) is 24.2. The first-order valence-electron chi connectivity index (χ1n) is 13.1. The van der Waals surface area contributed by atoms with Gasteiger partial charge in [-0.15, -0.1) is 0 Å². The third-order valence-corrected chi connectivity index (χ3v) is 6.99. The van der Waals surface area contributed by atoms with Crippen molar-refractivity contribution in [2.45, 2.75) is 12.5 Å². The number of para-hydroxylation sites is 1. The average Bonchev–Trinajstić information content (AvgIpc) is 3.45. The van der Waals surface area contributed by atoms with Gasteiger partial charge in [0.1, 0.15) is 11.5 Å². The smallest absolute Gasteiger partial charge is 0.229 e. The van der Waals surface area contributed by atoms with Gasteiger partial charge in [-0.05, 0) is 61.1 Å². The highest BCUT2D eigenvalue weighted by molar-refractivity contribution is 5.60. The highest BCUT2D eigenvalue weighted by Gasteiger charge is 2.29. The molecule has 3 aromatic carbocycles. The summed E-state index contributed by atoms with van der Waals surface area (Å²) >= 11 is 0. The van der Waals surface area contributed by atoms with Crippen LogP contribution < -0.4 is 20.0 Å². The number of rotatable bonds is 7. The minimum absolute atomic E-state index is 0.0277. The molecule has 0 amide bonds. The van der Waals surface area contributed by atoms with Gasteiger partial charge < -0.3 is 19.9 Å². The number of likely N-dealkylation sites (N-methyl/N-ethyl adjacent to an activating group) is 1. The molecule has 2 aliphatic heterocycles. The van der Waals surface area contributed by atoms with Crippen LogP contribution in [0.3, 0.4) is 0 Å². The Kier molecular flexibility index (Phi) is 7.06. The van der Waals surface area contributed by atoms with Gasteiger partial charge in [0.25, 0.3) is 0 Å². The van der Waals surface area contributed by atoms with Gasteiger partial charge in [-0.1, -0.05) is 30.3 Å². The van der Waals surface area contributed by atoms with E-state index in [-0.39, 0.29) is 6.04 Å². The van der Waals surface area contributed by atoms with Crippen LogP contribution >= 0.6 is 0 Å². The Bertz CT molecular complexity index is 1340. The van der Waals surface area contributed by atoms with E-state index in [0.29, 0.717) is 18.4 Å². The lowest BCUT2D eigenvalue weighted by Gasteiger charge is -2.34. The Morgan fingerprint density at radius 2 is 1.66 bits per heavy atom. The molecule has 6 rings (SSSR count). The van der Waals surface area contributed by atoms with Crippen molar-refractivity contribution in [3.63, 3.8) is 0 Å². The van der Waals surface area contributed by atoms with Crippen LogP contribution in [0.5, 0.6) is 11.5 Å². The van der Waals surface area contributed by atoms with Crippen LogP contribution in [0.25, 0.3) is 0 Å². The van der Waals surface area contributed by atoms with E-state index in [4.69, 9.17) is 14.6 Å². The second-order valence-corrected chi connectivity index (χ2v) is 9.65.